The van der Waals surface area contributed by atoms with Crippen molar-refractivity contribution in [3.63, 3.8) is 0 Å². The Hall–Kier alpha value is -1.90. The van der Waals surface area contributed by atoms with Gasteiger partial charge in [-0.1, -0.05) is 11.6 Å². The van der Waals surface area contributed by atoms with Gasteiger partial charge in [-0.25, -0.2) is 0 Å². The van der Waals surface area contributed by atoms with Gasteiger partial charge in [0.1, 0.15) is 5.78 Å². The largest absolute Gasteiger partial charge is 0.340 e. The lowest BCUT2D eigenvalue weighted by Crippen LogP contribution is -2.12. The van der Waals surface area contributed by atoms with Gasteiger partial charge in [-0.05, 0) is 26.0 Å². The third kappa shape index (κ3) is 1.89. The average Bonchev–Trinajstić information content (AvgIpc) is 2.22. The number of hydrogen-bond donors (Lipinski definition) is 0. The van der Waals surface area contributed by atoms with E-state index in [9.17, 15) is 9.59 Å². The first-order valence-corrected chi connectivity index (χ1v) is 5.17. The van der Waals surface area contributed by atoms with Crippen molar-refractivity contribution in [2.24, 2.45) is 0 Å². The molecule has 3 nitrogen and oxygen atoms in total. The predicted octanol–water partition coefficient (Wildman–Crippen LogP) is 1.90. The zero-order valence-corrected chi connectivity index (χ0v) is 9.36. The fourth-order valence-electron chi connectivity index (χ4n) is 1.80. The van der Waals surface area contributed by atoms with Gasteiger partial charge in [-0.2, -0.15) is 0 Å². The standard InChI is InChI=1S/C13H13NO2/c1-9-3-4-12-11(7-9)13(16)5-6-14(12)8-10(2)15/h3-7H,8H2,1-2H3. The number of Topliss-reactive ketones (excluding diaryl/α,β-unsaturated/α-hetero) is 1. The van der Waals surface area contributed by atoms with E-state index in [0.29, 0.717) is 11.9 Å². The minimum atomic E-state index is -0.00139. The third-order valence-electron chi connectivity index (χ3n) is 2.53. The van der Waals surface area contributed by atoms with Crippen LogP contribution in [0.15, 0.2) is 35.3 Å². The number of rotatable bonds is 2. The van der Waals surface area contributed by atoms with Gasteiger partial charge in [0.25, 0.3) is 0 Å². The molecule has 0 saturated carbocycles. The second-order valence-corrected chi connectivity index (χ2v) is 4.03. The summed E-state index contributed by atoms with van der Waals surface area (Å²) in [6.07, 6.45) is 1.67. The molecule has 1 aromatic carbocycles. The van der Waals surface area contributed by atoms with Crippen LogP contribution in [0, 0.1) is 6.92 Å². The molecule has 0 aliphatic rings. The number of ketones is 1. The normalized spacial score (nSPS) is 10.6. The van der Waals surface area contributed by atoms with Crippen molar-refractivity contribution in [1.29, 1.82) is 0 Å². The van der Waals surface area contributed by atoms with E-state index in [0.717, 1.165) is 11.1 Å². The Balaban J connectivity index is 2.74. The summed E-state index contributed by atoms with van der Waals surface area (Å²) in [5, 5.41) is 0.670. The van der Waals surface area contributed by atoms with Crippen molar-refractivity contribution in [2.45, 2.75) is 20.4 Å². The molecule has 0 saturated heterocycles. The number of hydrogen-bond acceptors (Lipinski definition) is 2. The first kappa shape index (κ1) is 10.6. The van der Waals surface area contributed by atoms with Crippen molar-refractivity contribution in [1.82, 2.24) is 4.57 Å². The van der Waals surface area contributed by atoms with E-state index in [4.69, 9.17) is 0 Å². The Morgan fingerprint density at radius 1 is 1.31 bits per heavy atom. The average molecular weight is 215 g/mol. The molecule has 2 aromatic rings. The Labute approximate surface area is 93.3 Å². The maximum atomic E-state index is 11.7. The molecule has 0 N–H and O–H groups in total. The van der Waals surface area contributed by atoms with Gasteiger partial charge in [0.05, 0.1) is 12.1 Å². The number of carbonyl (C=O) groups excluding carboxylic acids is 1. The summed E-state index contributed by atoms with van der Waals surface area (Å²) < 4.78 is 1.80. The number of aromatic nitrogens is 1. The molecule has 0 bridgehead atoms. The summed E-state index contributed by atoms with van der Waals surface area (Å²) in [5.74, 6) is 0.0746. The fraction of sp³-hybridized carbons (Fsp3) is 0.231. The first-order valence-electron chi connectivity index (χ1n) is 5.17. The van der Waals surface area contributed by atoms with Crippen molar-refractivity contribution in [2.75, 3.05) is 0 Å². The van der Waals surface area contributed by atoms with E-state index >= 15 is 0 Å². The summed E-state index contributed by atoms with van der Waals surface area (Å²) >= 11 is 0. The molecule has 1 heterocycles. The molecule has 0 unspecified atom stereocenters. The monoisotopic (exact) mass is 215 g/mol. The van der Waals surface area contributed by atoms with E-state index in [2.05, 4.69) is 0 Å². The molecule has 0 aliphatic heterocycles. The van der Waals surface area contributed by atoms with E-state index in [1.54, 1.807) is 10.8 Å². The fourth-order valence-corrected chi connectivity index (χ4v) is 1.80. The molecular weight excluding hydrogens is 202 g/mol. The molecule has 3 heteroatoms. The van der Waals surface area contributed by atoms with Crippen LogP contribution >= 0.6 is 0 Å². The van der Waals surface area contributed by atoms with Crippen LogP contribution in [0.2, 0.25) is 0 Å². The summed E-state index contributed by atoms with van der Waals surface area (Å²) in [7, 11) is 0. The van der Waals surface area contributed by atoms with Crippen LogP contribution in [0.3, 0.4) is 0 Å². The van der Waals surface area contributed by atoms with Gasteiger partial charge >= 0.3 is 0 Å². The predicted molar refractivity (Wildman–Crippen MR) is 63.6 cm³/mol. The van der Waals surface area contributed by atoms with Crippen LogP contribution in [-0.2, 0) is 11.3 Å². The van der Waals surface area contributed by atoms with E-state index in [1.807, 2.05) is 25.1 Å². The highest BCUT2D eigenvalue weighted by Gasteiger charge is 2.04. The van der Waals surface area contributed by atoms with Crippen LogP contribution in [0.1, 0.15) is 12.5 Å². The van der Waals surface area contributed by atoms with Crippen LogP contribution in [-0.4, -0.2) is 10.4 Å². The maximum Gasteiger partial charge on any atom is 0.189 e. The van der Waals surface area contributed by atoms with Crippen LogP contribution in [0.25, 0.3) is 10.9 Å². The van der Waals surface area contributed by atoms with Gasteiger partial charge in [-0.3, -0.25) is 9.59 Å². The number of aryl methyl sites for hydroxylation is 1. The van der Waals surface area contributed by atoms with Crippen molar-refractivity contribution >= 4 is 16.7 Å². The molecule has 0 aliphatic carbocycles. The Morgan fingerprint density at radius 3 is 2.75 bits per heavy atom. The number of fused-ring (bicyclic) bond motifs is 1. The molecule has 2 rings (SSSR count). The molecule has 0 fully saturated rings. The Morgan fingerprint density at radius 2 is 2.06 bits per heavy atom. The van der Waals surface area contributed by atoms with Crippen LogP contribution in [0.4, 0.5) is 0 Å². The minimum absolute atomic E-state index is 0.00139. The summed E-state index contributed by atoms with van der Waals surface area (Å²) in [6, 6.07) is 7.19. The lowest BCUT2D eigenvalue weighted by atomic mass is 10.1. The van der Waals surface area contributed by atoms with Gasteiger partial charge in [-0.15, -0.1) is 0 Å². The number of benzene rings is 1. The molecule has 16 heavy (non-hydrogen) atoms. The molecular formula is C13H13NO2. The molecule has 1 aromatic heterocycles. The second-order valence-electron chi connectivity index (χ2n) is 4.03. The van der Waals surface area contributed by atoms with Gasteiger partial charge in [0, 0.05) is 17.6 Å². The first-order chi connectivity index (χ1) is 7.58. The summed E-state index contributed by atoms with van der Waals surface area (Å²) in [4.78, 5) is 22.8. The summed E-state index contributed by atoms with van der Waals surface area (Å²) in [6.45, 7) is 3.79. The van der Waals surface area contributed by atoms with Crippen LogP contribution in [0.5, 0.6) is 0 Å². The summed E-state index contributed by atoms with van der Waals surface area (Å²) in [5.41, 5.74) is 1.86. The number of nitrogens with zero attached hydrogens (tertiary/aromatic N) is 1. The van der Waals surface area contributed by atoms with Crippen molar-refractivity contribution in [3.05, 3.63) is 46.2 Å². The SMILES string of the molecule is CC(=O)Cn1ccc(=O)c2cc(C)ccc21. The zero-order chi connectivity index (χ0) is 11.7. The van der Waals surface area contributed by atoms with Gasteiger partial charge in [0.2, 0.25) is 0 Å². The molecule has 0 atom stereocenters. The Kier molecular flexibility index (Phi) is 2.60. The Bertz CT molecular complexity index is 611. The lowest BCUT2D eigenvalue weighted by Gasteiger charge is -2.08. The van der Waals surface area contributed by atoms with Crippen molar-refractivity contribution in [3.8, 4) is 0 Å². The third-order valence-corrected chi connectivity index (χ3v) is 2.53. The maximum absolute atomic E-state index is 11.7. The smallest absolute Gasteiger partial charge is 0.189 e. The lowest BCUT2D eigenvalue weighted by molar-refractivity contribution is -0.117. The molecule has 82 valence electrons. The van der Waals surface area contributed by atoms with Gasteiger partial charge < -0.3 is 4.57 Å². The minimum Gasteiger partial charge on any atom is -0.340 e. The van der Waals surface area contributed by atoms with Crippen LogP contribution < -0.4 is 5.43 Å². The highest BCUT2D eigenvalue weighted by atomic mass is 16.1. The molecule has 0 spiro atoms. The van der Waals surface area contributed by atoms with Gasteiger partial charge in [0.15, 0.2) is 5.43 Å². The zero-order valence-electron chi connectivity index (χ0n) is 9.36. The quantitative estimate of drug-likeness (QED) is 0.767. The molecule has 0 radical (unpaired) electrons. The topological polar surface area (TPSA) is 39.1 Å². The highest BCUT2D eigenvalue weighted by Crippen LogP contribution is 2.12. The van der Waals surface area contributed by atoms with E-state index < -0.39 is 0 Å². The number of carbonyl (C=O) groups is 1. The molecule has 0 amide bonds. The van der Waals surface area contributed by atoms with E-state index in [-0.39, 0.29) is 11.2 Å². The van der Waals surface area contributed by atoms with E-state index in [1.165, 1.54) is 13.0 Å². The number of pyridine rings is 1. The highest BCUT2D eigenvalue weighted by molar-refractivity contribution is 5.82. The second kappa shape index (κ2) is 3.93. The van der Waals surface area contributed by atoms with Crippen molar-refractivity contribution < 1.29 is 4.79 Å².